The highest BCUT2D eigenvalue weighted by Gasteiger charge is 2.28. The van der Waals surface area contributed by atoms with Crippen molar-refractivity contribution < 1.29 is 0 Å². The van der Waals surface area contributed by atoms with Crippen LogP contribution < -0.4 is 5.32 Å². The number of aromatic nitrogens is 1. The highest BCUT2D eigenvalue weighted by atomic mass is 35.5. The first-order valence-electron chi connectivity index (χ1n) is 6.19. The van der Waals surface area contributed by atoms with Crippen LogP contribution in [0.5, 0.6) is 0 Å². The summed E-state index contributed by atoms with van der Waals surface area (Å²) in [5.74, 6) is 0. The van der Waals surface area contributed by atoms with Crippen molar-refractivity contribution in [2.24, 2.45) is 0 Å². The predicted octanol–water partition coefficient (Wildman–Crippen LogP) is 2.31. The minimum Gasteiger partial charge on any atom is -0.309 e. The molecule has 1 aliphatic heterocycles. The van der Waals surface area contributed by atoms with Gasteiger partial charge >= 0.3 is 0 Å². The molecule has 4 heteroatoms. The highest BCUT2D eigenvalue weighted by Crippen LogP contribution is 2.20. The fourth-order valence-electron chi connectivity index (χ4n) is 2.29. The first-order valence-corrected chi connectivity index (χ1v) is 6.56. The molecule has 0 spiro atoms. The van der Waals surface area contributed by atoms with E-state index in [1.54, 1.807) is 6.20 Å². The Bertz CT molecular complexity index is 383. The molecule has 1 aromatic rings. The van der Waals surface area contributed by atoms with Crippen molar-refractivity contribution in [1.29, 1.82) is 0 Å². The fraction of sp³-hybridized carbons (Fsp3) is 0.615. The van der Waals surface area contributed by atoms with Gasteiger partial charge in [-0.1, -0.05) is 18.5 Å². The summed E-state index contributed by atoms with van der Waals surface area (Å²) < 4.78 is 0. The Hall–Kier alpha value is -0.640. The van der Waals surface area contributed by atoms with Crippen LogP contribution in [0.25, 0.3) is 0 Å². The molecule has 0 aromatic carbocycles. The molecule has 17 heavy (non-hydrogen) atoms. The molecule has 0 aliphatic carbocycles. The van der Waals surface area contributed by atoms with Gasteiger partial charge < -0.3 is 5.32 Å². The van der Waals surface area contributed by atoms with Gasteiger partial charge in [-0.25, -0.2) is 0 Å². The van der Waals surface area contributed by atoms with E-state index in [2.05, 4.69) is 29.0 Å². The lowest BCUT2D eigenvalue weighted by atomic mass is 9.95. The molecule has 0 amide bonds. The summed E-state index contributed by atoms with van der Waals surface area (Å²) >= 11 is 6.14. The lowest BCUT2D eigenvalue weighted by Crippen LogP contribution is -2.58. The van der Waals surface area contributed by atoms with Gasteiger partial charge in [0.1, 0.15) is 0 Å². The van der Waals surface area contributed by atoms with Crippen molar-refractivity contribution in [2.75, 3.05) is 19.6 Å². The fourth-order valence-corrected chi connectivity index (χ4v) is 2.47. The second-order valence-corrected chi connectivity index (χ2v) is 5.43. The van der Waals surface area contributed by atoms with Crippen molar-refractivity contribution in [1.82, 2.24) is 15.2 Å². The van der Waals surface area contributed by atoms with Crippen LogP contribution in [0.3, 0.4) is 0 Å². The first kappa shape index (κ1) is 12.8. The van der Waals surface area contributed by atoms with Gasteiger partial charge in [-0.3, -0.25) is 9.88 Å². The van der Waals surface area contributed by atoms with Crippen LogP contribution in [-0.2, 0) is 6.54 Å². The van der Waals surface area contributed by atoms with Crippen LogP contribution in [-0.4, -0.2) is 35.1 Å². The van der Waals surface area contributed by atoms with E-state index in [1.165, 1.54) is 5.56 Å². The zero-order valence-electron chi connectivity index (χ0n) is 10.5. The number of hydrogen-bond donors (Lipinski definition) is 1. The molecule has 1 saturated heterocycles. The van der Waals surface area contributed by atoms with Gasteiger partial charge in [0, 0.05) is 44.1 Å². The van der Waals surface area contributed by atoms with Gasteiger partial charge in [0.15, 0.2) is 0 Å². The van der Waals surface area contributed by atoms with E-state index < -0.39 is 0 Å². The summed E-state index contributed by atoms with van der Waals surface area (Å²) in [6, 6.07) is 2.01. The average molecular weight is 254 g/mol. The zero-order valence-corrected chi connectivity index (χ0v) is 11.3. The van der Waals surface area contributed by atoms with Crippen LogP contribution in [0, 0.1) is 0 Å². The first-order chi connectivity index (χ1) is 8.13. The van der Waals surface area contributed by atoms with E-state index in [4.69, 9.17) is 11.6 Å². The van der Waals surface area contributed by atoms with Crippen LogP contribution >= 0.6 is 11.6 Å². The second-order valence-electron chi connectivity index (χ2n) is 5.02. The lowest BCUT2D eigenvalue weighted by Gasteiger charge is -2.41. The molecule has 1 aromatic heterocycles. The third kappa shape index (κ3) is 3.18. The van der Waals surface area contributed by atoms with Crippen molar-refractivity contribution >= 4 is 11.6 Å². The zero-order chi connectivity index (χ0) is 12.3. The molecule has 1 atom stereocenters. The summed E-state index contributed by atoms with van der Waals surface area (Å²) in [6.45, 7) is 8.63. The third-order valence-corrected chi connectivity index (χ3v) is 3.92. The van der Waals surface area contributed by atoms with Crippen molar-refractivity contribution in [3.05, 3.63) is 29.0 Å². The Balaban J connectivity index is 2.02. The van der Waals surface area contributed by atoms with Gasteiger partial charge in [-0.2, -0.15) is 0 Å². The number of rotatable bonds is 3. The predicted molar refractivity (Wildman–Crippen MR) is 71.2 cm³/mol. The van der Waals surface area contributed by atoms with Gasteiger partial charge in [-0.05, 0) is 25.0 Å². The van der Waals surface area contributed by atoms with E-state index in [-0.39, 0.29) is 5.54 Å². The molecule has 1 N–H and O–H groups in total. The van der Waals surface area contributed by atoms with Crippen LogP contribution in [0.4, 0.5) is 0 Å². The Kier molecular flexibility index (Phi) is 4.02. The van der Waals surface area contributed by atoms with E-state index >= 15 is 0 Å². The molecule has 0 saturated carbocycles. The minimum atomic E-state index is 0.234. The summed E-state index contributed by atoms with van der Waals surface area (Å²) in [6.07, 6.45) is 4.67. The number of piperazine rings is 1. The standard InChI is InChI=1S/C13H20ClN3/c1-3-13(2)10-17(7-6-16-13)9-11-4-5-15-8-12(11)14/h4-5,8,16H,3,6-7,9-10H2,1-2H3. The Morgan fingerprint density at radius 1 is 1.59 bits per heavy atom. The number of nitrogens with one attached hydrogen (secondary N) is 1. The Morgan fingerprint density at radius 2 is 2.41 bits per heavy atom. The lowest BCUT2D eigenvalue weighted by molar-refractivity contribution is 0.133. The van der Waals surface area contributed by atoms with Crippen molar-refractivity contribution in [3.8, 4) is 0 Å². The molecule has 0 radical (unpaired) electrons. The molecule has 0 bridgehead atoms. The van der Waals surface area contributed by atoms with Gasteiger partial charge in [-0.15, -0.1) is 0 Å². The highest BCUT2D eigenvalue weighted by molar-refractivity contribution is 6.31. The smallest absolute Gasteiger partial charge is 0.0634 e. The van der Waals surface area contributed by atoms with Gasteiger partial charge in [0.2, 0.25) is 0 Å². The molecule has 1 aliphatic rings. The molecule has 1 unspecified atom stereocenters. The second kappa shape index (κ2) is 5.34. The van der Waals surface area contributed by atoms with Gasteiger partial charge in [0.25, 0.3) is 0 Å². The third-order valence-electron chi connectivity index (χ3n) is 3.58. The van der Waals surface area contributed by atoms with E-state index in [0.29, 0.717) is 0 Å². The van der Waals surface area contributed by atoms with Gasteiger partial charge in [0.05, 0.1) is 5.02 Å². The molecule has 3 nitrogen and oxygen atoms in total. The maximum Gasteiger partial charge on any atom is 0.0634 e. The van der Waals surface area contributed by atoms with E-state index in [9.17, 15) is 0 Å². The van der Waals surface area contributed by atoms with E-state index in [0.717, 1.165) is 37.6 Å². The number of halogens is 1. The Morgan fingerprint density at radius 3 is 3.12 bits per heavy atom. The van der Waals surface area contributed by atoms with Crippen molar-refractivity contribution in [2.45, 2.75) is 32.4 Å². The average Bonchev–Trinajstić information content (AvgIpc) is 2.32. The molecular formula is C13H20ClN3. The minimum absolute atomic E-state index is 0.234. The topological polar surface area (TPSA) is 28.2 Å². The molecular weight excluding hydrogens is 234 g/mol. The summed E-state index contributed by atoms with van der Waals surface area (Å²) in [4.78, 5) is 6.48. The summed E-state index contributed by atoms with van der Waals surface area (Å²) in [7, 11) is 0. The molecule has 1 fully saturated rings. The number of hydrogen-bond acceptors (Lipinski definition) is 3. The summed E-state index contributed by atoms with van der Waals surface area (Å²) in [5.41, 5.74) is 1.40. The number of pyridine rings is 1. The normalized spacial score (nSPS) is 26.1. The molecule has 2 rings (SSSR count). The quantitative estimate of drug-likeness (QED) is 0.896. The number of nitrogens with zero attached hydrogens (tertiary/aromatic N) is 2. The SMILES string of the molecule is CCC1(C)CN(Cc2ccncc2Cl)CCN1. The van der Waals surface area contributed by atoms with Crippen LogP contribution in [0.1, 0.15) is 25.8 Å². The maximum absolute atomic E-state index is 6.14. The van der Waals surface area contributed by atoms with Crippen LogP contribution in [0.15, 0.2) is 18.5 Å². The maximum atomic E-state index is 6.14. The Labute approximate surface area is 108 Å². The monoisotopic (exact) mass is 253 g/mol. The van der Waals surface area contributed by atoms with Crippen molar-refractivity contribution in [3.63, 3.8) is 0 Å². The molecule has 94 valence electrons. The largest absolute Gasteiger partial charge is 0.309 e. The van der Waals surface area contributed by atoms with Crippen LogP contribution in [0.2, 0.25) is 5.02 Å². The molecule has 2 heterocycles. The summed E-state index contributed by atoms with van der Waals surface area (Å²) in [5, 5.41) is 4.36. The van der Waals surface area contributed by atoms with E-state index in [1.807, 2.05) is 12.3 Å².